The molecule has 0 saturated heterocycles. The average molecular weight is 303 g/mol. The highest BCUT2D eigenvalue weighted by Crippen LogP contribution is 2.20. The Morgan fingerprint density at radius 2 is 1.95 bits per heavy atom. The predicted molar refractivity (Wildman–Crippen MR) is 81.1 cm³/mol. The summed E-state index contributed by atoms with van der Waals surface area (Å²) in [5.74, 6) is 0.383. The molecular formula is C15H15ClN4O. The number of nitriles is 1. The van der Waals surface area contributed by atoms with Crippen LogP contribution < -0.4 is 5.32 Å². The standard InChI is InChI=1S/C15H15ClN4O/c1-9-10(2)19-20-15(13(9)7-17)18-8-14(21)11-3-5-12(16)6-4-11/h3-6,14,21H,8H2,1-2H3,(H,18,20)/t14-/m0/s1. The van der Waals surface area contributed by atoms with E-state index in [0.29, 0.717) is 16.4 Å². The highest BCUT2D eigenvalue weighted by atomic mass is 35.5. The maximum atomic E-state index is 10.1. The third-order valence-corrected chi connectivity index (χ3v) is 3.54. The molecule has 0 amide bonds. The van der Waals surface area contributed by atoms with Gasteiger partial charge in [0.2, 0.25) is 0 Å². The van der Waals surface area contributed by atoms with Crippen LogP contribution in [0.25, 0.3) is 0 Å². The van der Waals surface area contributed by atoms with Gasteiger partial charge in [-0.3, -0.25) is 0 Å². The molecule has 0 spiro atoms. The first-order chi connectivity index (χ1) is 10.0. The summed E-state index contributed by atoms with van der Waals surface area (Å²) in [6.45, 7) is 3.85. The Morgan fingerprint density at radius 3 is 2.57 bits per heavy atom. The monoisotopic (exact) mass is 302 g/mol. The van der Waals surface area contributed by atoms with Crippen LogP contribution in [0.1, 0.15) is 28.5 Å². The highest BCUT2D eigenvalue weighted by Gasteiger charge is 2.13. The van der Waals surface area contributed by atoms with Crippen LogP contribution in [0, 0.1) is 25.2 Å². The Morgan fingerprint density at radius 1 is 1.29 bits per heavy atom. The van der Waals surface area contributed by atoms with E-state index in [4.69, 9.17) is 11.6 Å². The lowest BCUT2D eigenvalue weighted by molar-refractivity contribution is 0.191. The lowest BCUT2D eigenvalue weighted by atomic mass is 10.1. The van der Waals surface area contributed by atoms with Crippen LogP contribution in [0.4, 0.5) is 5.82 Å². The molecule has 0 aliphatic rings. The van der Waals surface area contributed by atoms with Crippen molar-refractivity contribution >= 4 is 17.4 Å². The van der Waals surface area contributed by atoms with Gasteiger partial charge in [-0.1, -0.05) is 23.7 Å². The Hall–Kier alpha value is -2.16. The fourth-order valence-corrected chi connectivity index (χ4v) is 1.99. The Bertz CT molecular complexity index is 679. The molecule has 2 rings (SSSR count). The number of halogens is 1. The molecule has 2 aromatic rings. The van der Waals surface area contributed by atoms with Gasteiger partial charge in [0.05, 0.1) is 11.8 Å². The number of rotatable bonds is 4. The minimum Gasteiger partial charge on any atom is -0.387 e. The molecule has 1 heterocycles. The number of aliphatic hydroxyl groups excluding tert-OH is 1. The number of anilines is 1. The van der Waals surface area contributed by atoms with E-state index < -0.39 is 6.10 Å². The fourth-order valence-electron chi connectivity index (χ4n) is 1.87. The zero-order valence-electron chi connectivity index (χ0n) is 11.8. The molecule has 1 aromatic heterocycles. The number of aliphatic hydroxyl groups is 1. The topological polar surface area (TPSA) is 81.8 Å². The van der Waals surface area contributed by atoms with Crippen molar-refractivity contribution < 1.29 is 5.11 Å². The zero-order chi connectivity index (χ0) is 15.4. The Labute approximate surface area is 128 Å². The Kier molecular flexibility index (Phi) is 4.73. The van der Waals surface area contributed by atoms with Crippen LogP contribution in [-0.4, -0.2) is 21.8 Å². The number of aryl methyl sites for hydroxylation is 1. The number of nitrogens with one attached hydrogen (secondary N) is 1. The second kappa shape index (κ2) is 6.53. The number of hydrogen-bond acceptors (Lipinski definition) is 5. The van der Waals surface area contributed by atoms with Gasteiger partial charge in [0.1, 0.15) is 11.6 Å². The summed E-state index contributed by atoms with van der Waals surface area (Å²) in [5.41, 5.74) is 2.69. The highest BCUT2D eigenvalue weighted by molar-refractivity contribution is 6.30. The quantitative estimate of drug-likeness (QED) is 0.907. The van der Waals surface area contributed by atoms with Gasteiger partial charge in [-0.25, -0.2) is 0 Å². The molecular weight excluding hydrogens is 288 g/mol. The smallest absolute Gasteiger partial charge is 0.167 e. The molecule has 0 radical (unpaired) electrons. The van der Waals surface area contributed by atoms with Gasteiger partial charge in [-0.2, -0.15) is 10.4 Å². The summed E-state index contributed by atoms with van der Waals surface area (Å²) < 4.78 is 0. The van der Waals surface area contributed by atoms with Crippen molar-refractivity contribution in [1.82, 2.24) is 10.2 Å². The maximum absolute atomic E-state index is 10.1. The van der Waals surface area contributed by atoms with Crippen molar-refractivity contribution in [2.75, 3.05) is 11.9 Å². The SMILES string of the molecule is Cc1nnc(NC[C@H](O)c2ccc(Cl)cc2)c(C#N)c1C. The first-order valence-electron chi connectivity index (χ1n) is 6.44. The van der Waals surface area contributed by atoms with E-state index in [1.54, 1.807) is 31.2 Å². The Balaban J connectivity index is 2.12. The second-order valence-electron chi connectivity index (χ2n) is 4.69. The first kappa shape index (κ1) is 15.2. The van der Waals surface area contributed by atoms with Crippen LogP contribution in [0.2, 0.25) is 5.02 Å². The summed E-state index contributed by atoms with van der Waals surface area (Å²) in [6.07, 6.45) is -0.725. The van der Waals surface area contributed by atoms with Gasteiger partial charge in [-0.15, -0.1) is 5.10 Å². The molecule has 5 nitrogen and oxygen atoms in total. The van der Waals surface area contributed by atoms with Crippen LogP contribution in [0.15, 0.2) is 24.3 Å². The summed E-state index contributed by atoms with van der Waals surface area (Å²) in [5, 5.41) is 30.9. The first-order valence-corrected chi connectivity index (χ1v) is 6.82. The molecule has 0 unspecified atom stereocenters. The summed E-state index contributed by atoms with van der Waals surface area (Å²) in [6, 6.07) is 9.06. The third kappa shape index (κ3) is 3.48. The molecule has 0 fully saturated rings. The lowest BCUT2D eigenvalue weighted by Gasteiger charge is -2.14. The molecule has 21 heavy (non-hydrogen) atoms. The fraction of sp³-hybridized carbons (Fsp3) is 0.267. The predicted octanol–water partition coefficient (Wildman–Crippen LogP) is 2.76. The second-order valence-corrected chi connectivity index (χ2v) is 5.13. The summed E-state index contributed by atoms with van der Waals surface area (Å²) in [4.78, 5) is 0. The average Bonchev–Trinajstić information content (AvgIpc) is 2.49. The number of aromatic nitrogens is 2. The number of benzene rings is 1. The van der Waals surface area contributed by atoms with E-state index in [-0.39, 0.29) is 6.54 Å². The van der Waals surface area contributed by atoms with Crippen LogP contribution >= 0.6 is 11.6 Å². The van der Waals surface area contributed by atoms with E-state index in [0.717, 1.165) is 16.8 Å². The summed E-state index contributed by atoms with van der Waals surface area (Å²) in [7, 11) is 0. The van der Waals surface area contributed by atoms with Crippen molar-refractivity contribution in [1.29, 1.82) is 5.26 Å². The van der Waals surface area contributed by atoms with Gasteiger partial charge in [0, 0.05) is 11.6 Å². The molecule has 1 aromatic carbocycles. The molecule has 0 saturated carbocycles. The van der Waals surface area contributed by atoms with Crippen molar-refractivity contribution in [3.05, 3.63) is 51.7 Å². The van der Waals surface area contributed by atoms with Gasteiger partial charge in [0.25, 0.3) is 0 Å². The van der Waals surface area contributed by atoms with E-state index >= 15 is 0 Å². The minimum absolute atomic E-state index is 0.230. The molecule has 108 valence electrons. The van der Waals surface area contributed by atoms with Gasteiger partial charge < -0.3 is 10.4 Å². The summed E-state index contributed by atoms with van der Waals surface area (Å²) >= 11 is 5.81. The molecule has 2 N–H and O–H groups in total. The van der Waals surface area contributed by atoms with Crippen molar-refractivity contribution in [3.8, 4) is 6.07 Å². The van der Waals surface area contributed by atoms with E-state index in [1.165, 1.54) is 0 Å². The minimum atomic E-state index is -0.725. The number of hydrogen-bond donors (Lipinski definition) is 2. The molecule has 6 heteroatoms. The largest absolute Gasteiger partial charge is 0.387 e. The van der Waals surface area contributed by atoms with E-state index in [9.17, 15) is 10.4 Å². The van der Waals surface area contributed by atoms with E-state index in [2.05, 4.69) is 21.6 Å². The van der Waals surface area contributed by atoms with E-state index in [1.807, 2.05) is 6.92 Å². The molecule has 0 aliphatic heterocycles. The lowest BCUT2D eigenvalue weighted by Crippen LogP contribution is -2.15. The van der Waals surface area contributed by atoms with Gasteiger partial charge >= 0.3 is 0 Å². The normalized spacial score (nSPS) is 11.8. The van der Waals surface area contributed by atoms with Crippen molar-refractivity contribution in [3.63, 3.8) is 0 Å². The zero-order valence-corrected chi connectivity index (χ0v) is 12.5. The van der Waals surface area contributed by atoms with Gasteiger partial charge in [-0.05, 0) is 37.1 Å². The molecule has 0 aliphatic carbocycles. The van der Waals surface area contributed by atoms with Crippen molar-refractivity contribution in [2.45, 2.75) is 20.0 Å². The molecule has 0 bridgehead atoms. The number of nitrogens with zero attached hydrogens (tertiary/aromatic N) is 3. The maximum Gasteiger partial charge on any atom is 0.167 e. The third-order valence-electron chi connectivity index (χ3n) is 3.28. The van der Waals surface area contributed by atoms with Crippen LogP contribution in [-0.2, 0) is 0 Å². The van der Waals surface area contributed by atoms with Gasteiger partial charge in [0.15, 0.2) is 5.82 Å². The van der Waals surface area contributed by atoms with Crippen LogP contribution in [0.5, 0.6) is 0 Å². The van der Waals surface area contributed by atoms with Crippen molar-refractivity contribution in [2.24, 2.45) is 0 Å². The van der Waals surface area contributed by atoms with Crippen LogP contribution in [0.3, 0.4) is 0 Å². The molecule has 1 atom stereocenters.